The van der Waals surface area contributed by atoms with Crippen molar-refractivity contribution >= 4 is 23.6 Å². The third-order valence-electron chi connectivity index (χ3n) is 1.66. The van der Waals surface area contributed by atoms with Gasteiger partial charge in [-0.25, -0.2) is 0 Å². The van der Waals surface area contributed by atoms with Gasteiger partial charge in [-0.15, -0.1) is 0 Å². The van der Waals surface area contributed by atoms with E-state index in [0.717, 1.165) is 18.6 Å². The maximum atomic E-state index is 11.1. The fourth-order valence-corrected chi connectivity index (χ4v) is 1.42. The van der Waals surface area contributed by atoms with E-state index < -0.39 is 5.97 Å². The number of rotatable bonds is 8. The van der Waals surface area contributed by atoms with Gasteiger partial charge in [-0.2, -0.15) is 11.8 Å². The van der Waals surface area contributed by atoms with Crippen molar-refractivity contribution in [2.75, 3.05) is 18.6 Å². The van der Waals surface area contributed by atoms with E-state index in [4.69, 9.17) is 5.11 Å². The highest BCUT2D eigenvalue weighted by Gasteiger charge is 2.01. The quantitative estimate of drug-likeness (QED) is 0.600. The molecule has 0 aliphatic carbocycles. The molecule has 2 N–H and O–H groups in total. The Morgan fingerprint density at radius 2 is 2.00 bits per heavy atom. The third kappa shape index (κ3) is 9.38. The molecule has 0 aromatic rings. The van der Waals surface area contributed by atoms with Gasteiger partial charge in [0.15, 0.2) is 0 Å². The van der Waals surface area contributed by atoms with Crippen LogP contribution in [0.25, 0.3) is 0 Å². The Labute approximate surface area is 88.4 Å². The number of carbonyl (C=O) groups excluding carboxylic acids is 1. The second-order valence-electron chi connectivity index (χ2n) is 2.94. The molecule has 82 valence electrons. The Morgan fingerprint density at radius 3 is 2.57 bits per heavy atom. The van der Waals surface area contributed by atoms with Crippen molar-refractivity contribution < 1.29 is 14.7 Å². The molecule has 0 saturated heterocycles. The Hall–Kier alpha value is -0.710. The lowest BCUT2D eigenvalue weighted by atomic mass is 10.2. The lowest BCUT2D eigenvalue weighted by Crippen LogP contribution is -2.25. The number of unbranched alkanes of at least 4 members (excludes halogenated alkanes) is 1. The van der Waals surface area contributed by atoms with Gasteiger partial charge in [0.05, 0.1) is 6.42 Å². The summed E-state index contributed by atoms with van der Waals surface area (Å²) >= 11 is 1.77. The SMILES string of the molecule is CSCCCCC(=O)NCCC(=O)O. The third-order valence-corrected chi connectivity index (χ3v) is 2.36. The number of carbonyl (C=O) groups is 2. The zero-order valence-corrected chi connectivity index (χ0v) is 9.23. The molecule has 0 atom stereocenters. The molecule has 4 nitrogen and oxygen atoms in total. The molecule has 0 rings (SSSR count). The van der Waals surface area contributed by atoms with Gasteiger partial charge in [0.1, 0.15) is 0 Å². The zero-order valence-electron chi connectivity index (χ0n) is 8.41. The van der Waals surface area contributed by atoms with Crippen molar-refractivity contribution in [2.24, 2.45) is 0 Å². The standard InChI is InChI=1S/C9H17NO3S/c1-14-7-3-2-4-8(11)10-6-5-9(12)13/h2-7H2,1H3,(H,10,11)(H,12,13). The molecule has 0 fully saturated rings. The summed E-state index contributed by atoms with van der Waals surface area (Å²) in [5, 5.41) is 10.9. The van der Waals surface area contributed by atoms with Crippen molar-refractivity contribution in [3.63, 3.8) is 0 Å². The highest BCUT2D eigenvalue weighted by atomic mass is 32.2. The summed E-state index contributed by atoms with van der Waals surface area (Å²) in [6.45, 7) is 0.233. The molecule has 0 aromatic carbocycles. The Morgan fingerprint density at radius 1 is 1.29 bits per heavy atom. The largest absolute Gasteiger partial charge is 0.481 e. The van der Waals surface area contributed by atoms with Crippen LogP contribution in [0.5, 0.6) is 0 Å². The van der Waals surface area contributed by atoms with Crippen molar-refractivity contribution in [1.29, 1.82) is 0 Å². The van der Waals surface area contributed by atoms with Crippen LogP contribution in [0, 0.1) is 0 Å². The number of thioether (sulfide) groups is 1. The van der Waals surface area contributed by atoms with Crippen molar-refractivity contribution in [2.45, 2.75) is 25.7 Å². The molecule has 0 aliphatic rings. The van der Waals surface area contributed by atoms with Crippen LogP contribution in [0.3, 0.4) is 0 Å². The van der Waals surface area contributed by atoms with E-state index in [1.807, 2.05) is 6.26 Å². The van der Waals surface area contributed by atoms with Crippen LogP contribution in [0.2, 0.25) is 0 Å². The monoisotopic (exact) mass is 219 g/mol. The number of carboxylic acid groups (broad SMARTS) is 1. The minimum Gasteiger partial charge on any atom is -0.481 e. The molecule has 0 unspecified atom stereocenters. The van der Waals surface area contributed by atoms with Gasteiger partial charge >= 0.3 is 5.97 Å². The van der Waals surface area contributed by atoms with Gasteiger partial charge in [-0.1, -0.05) is 0 Å². The van der Waals surface area contributed by atoms with E-state index in [1.165, 1.54) is 0 Å². The van der Waals surface area contributed by atoms with Crippen LogP contribution in [0.4, 0.5) is 0 Å². The van der Waals surface area contributed by atoms with Crippen LogP contribution >= 0.6 is 11.8 Å². The van der Waals surface area contributed by atoms with Crippen LogP contribution in [-0.2, 0) is 9.59 Å². The van der Waals surface area contributed by atoms with Gasteiger partial charge in [-0.05, 0) is 24.9 Å². The molecule has 14 heavy (non-hydrogen) atoms. The first-order valence-electron chi connectivity index (χ1n) is 4.64. The van der Waals surface area contributed by atoms with Gasteiger partial charge < -0.3 is 10.4 Å². The molecule has 1 amide bonds. The molecule has 5 heteroatoms. The molecule has 0 heterocycles. The summed E-state index contributed by atoms with van der Waals surface area (Å²) in [7, 11) is 0. The minimum atomic E-state index is -0.882. The summed E-state index contributed by atoms with van der Waals surface area (Å²) in [6, 6.07) is 0. The first kappa shape index (κ1) is 13.3. The van der Waals surface area contributed by atoms with Crippen LogP contribution in [0.15, 0.2) is 0 Å². The molecule has 0 radical (unpaired) electrons. The summed E-state index contributed by atoms with van der Waals surface area (Å²) in [5.74, 6) is 0.141. The fourth-order valence-electron chi connectivity index (χ4n) is 0.929. The maximum Gasteiger partial charge on any atom is 0.305 e. The first-order chi connectivity index (χ1) is 6.66. The van der Waals surface area contributed by atoms with Crippen molar-refractivity contribution in [3.8, 4) is 0 Å². The van der Waals surface area contributed by atoms with Crippen LogP contribution in [-0.4, -0.2) is 35.5 Å². The number of hydrogen-bond acceptors (Lipinski definition) is 3. The van der Waals surface area contributed by atoms with Crippen molar-refractivity contribution in [1.82, 2.24) is 5.32 Å². The Kier molecular flexibility index (Phi) is 8.42. The molecule has 0 spiro atoms. The number of amides is 1. The lowest BCUT2D eigenvalue weighted by Gasteiger charge is -2.02. The van der Waals surface area contributed by atoms with Crippen molar-refractivity contribution in [3.05, 3.63) is 0 Å². The number of carboxylic acids is 1. The summed E-state index contributed by atoms with van der Waals surface area (Å²) in [6.07, 6.45) is 4.44. The number of nitrogens with one attached hydrogen (secondary N) is 1. The minimum absolute atomic E-state index is 0.00342. The highest BCUT2D eigenvalue weighted by molar-refractivity contribution is 7.98. The van der Waals surface area contributed by atoms with Gasteiger partial charge in [0.25, 0.3) is 0 Å². The molecule has 0 aromatic heterocycles. The van der Waals surface area contributed by atoms with Crippen LogP contribution in [0.1, 0.15) is 25.7 Å². The number of hydrogen-bond donors (Lipinski definition) is 2. The number of aliphatic carboxylic acids is 1. The predicted molar refractivity (Wildman–Crippen MR) is 57.5 cm³/mol. The van der Waals surface area contributed by atoms with E-state index in [9.17, 15) is 9.59 Å². The van der Waals surface area contributed by atoms with E-state index in [2.05, 4.69) is 5.32 Å². The molecular weight excluding hydrogens is 202 g/mol. The second kappa shape index (κ2) is 8.87. The Bertz CT molecular complexity index is 185. The zero-order chi connectivity index (χ0) is 10.8. The molecule has 0 aliphatic heterocycles. The van der Waals surface area contributed by atoms with E-state index in [-0.39, 0.29) is 18.9 Å². The van der Waals surface area contributed by atoms with Gasteiger partial charge in [0, 0.05) is 13.0 Å². The van der Waals surface area contributed by atoms with Crippen LogP contribution < -0.4 is 5.32 Å². The average molecular weight is 219 g/mol. The molecule has 0 saturated carbocycles. The maximum absolute atomic E-state index is 11.1. The van der Waals surface area contributed by atoms with E-state index in [1.54, 1.807) is 11.8 Å². The second-order valence-corrected chi connectivity index (χ2v) is 3.93. The lowest BCUT2D eigenvalue weighted by molar-refractivity contribution is -0.136. The molecular formula is C9H17NO3S. The van der Waals surface area contributed by atoms with Gasteiger partial charge in [-0.3, -0.25) is 9.59 Å². The average Bonchev–Trinajstić information content (AvgIpc) is 2.12. The normalized spacial score (nSPS) is 9.79. The predicted octanol–water partition coefficient (Wildman–Crippen LogP) is 1.11. The Balaban J connectivity index is 3.24. The van der Waals surface area contributed by atoms with Gasteiger partial charge in [0.2, 0.25) is 5.91 Å². The van der Waals surface area contributed by atoms with E-state index >= 15 is 0 Å². The fraction of sp³-hybridized carbons (Fsp3) is 0.778. The summed E-state index contributed by atoms with van der Waals surface area (Å²) in [4.78, 5) is 21.2. The smallest absolute Gasteiger partial charge is 0.305 e. The summed E-state index contributed by atoms with van der Waals surface area (Å²) in [5.41, 5.74) is 0. The summed E-state index contributed by atoms with van der Waals surface area (Å²) < 4.78 is 0. The highest BCUT2D eigenvalue weighted by Crippen LogP contribution is 2.01. The van der Waals surface area contributed by atoms with E-state index in [0.29, 0.717) is 6.42 Å². The first-order valence-corrected chi connectivity index (χ1v) is 6.03. The molecule has 0 bridgehead atoms. The topological polar surface area (TPSA) is 66.4 Å².